The van der Waals surface area contributed by atoms with Crippen molar-refractivity contribution in [1.82, 2.24) is 4.90 Å². The molecule has 0 saturated carbocycles. The van der Waals surface area contributed by atoms with E-state index in [0.29, 0.717) is 16.1 Å². The van der Waals surface area contributed by atoms with Gasteiger partial charge in [0.15, 0.2) is 0 Å². The highest BCUT2D eigenvalue weighted by atomic mass is 32.2. The highest BCUT2D eigenvalue weighted by Gasteiger charge is 2.40. The zero-order valence-corrected chi connectivity index (χ0v) is 13.9. The van der Waals surface area contributed by atoms with Crippen molar-refractivity contribution in [3.8, 4) is 6.07 Å². The van der Waals surface area contributed by atoms with Crippen molar-refractivity contribution in [2.75, 3.05) is 24.5 Å². The Kier molecular flexibility index (Phi) is 4.25. The molecular formula is C15H19N3OS2. The molecule has 0 N–H and O–H groups in total. The lowest BCUT2D eigenvalue weighted by Crippen LogP contribution is -2.49. The van der Waals surface area contributed by atoms with Crippen LogP contribution in [0.25, 0.3) is 0 Å². The van der Waals surface area contributed by atoms with E-state index in [0.717, 1.165) is 31.1 Å². The Morgan fingerprint density at radius 3 is 2.71 bits per heavy atom. The van der Waals surface area contributed by atoms with Gasteiger partial charge in [-0.25, -0.2) is 0 Å². The molecule has 3 rings (SSSR count). The molecule has 0 spiro atoms. The Morgan fingerprint density at radius 1 is 1.33 bits per heavy atom. The number of anilines is 1. The minimum absolute atomic E-state index is 0.00978. The summed E-state index contributed by atoms with van der Waals surface area (Å²) in [5, 5.41) is 13.0. The van der Waals surface area contributed by atoms with E-state index in [-0.39, 0.29) is 11.9 Å². The van der Waals surface area contributed by atoms with E-state index in [9.17, 15) is 4.79 Å². The molecule has 1 aromatic heterocycles. The van der Waals surface area contributed by atoms with Gasteiger partial charge in [-0.15, -0.1) is 11.3 Å². The molecule has 2 saturated heterocycles. The summed E-state index contributed by atoms with van der Waals surface area (Å²) in [6.07, 6.45) is 0.867. The first-order chi connectivity index (χ1) is 10.1. The Labute approximate surface area is 133 Å². The summed E-state index contributed by atoms with van der Waals surface area (Å²) in [5.41, 5.74) is 0.616. The van der Waals surface area contributed by atoms with Crippen LogP contribution in [0.1, 0.15) is 25.8 Å². The Balaban J connectivity index is 1.76. The predicted molar refractivity (Wildman–Crippen MR) is 87.9 cm³/mol. The fraction of sp³-hybridized carbons (Fsp3) is 0.600. The van der Waals surface area contributed by atoms with Crippen molar-refractivity contribution >= 4 is 34.0 Å². The van der Waals surface area contributed by atoms with Gasteiger partial charge in [-0.3, -0.25) is 9.69 Å². The molecule has 0 radical (unpaired) electrons. The molecule has 1 aromatic rings. The maximum atomic E-state index is 12.8. The van der Waals surface area contributed by atoms with Crippen LogP contribution in [0, 0.1) is 11.3 Å². The van der Waals surface area contributed by atoms with Crippen LogP contribution in [-0.4, -0.2) is 47.0 Å². The zero-order valence-electron chi connectivity index (χ0n) is 12.3. The Bertz CT molecular complexity index is 570. The highest BCUT2D eigenvalue weighted by Crippen LogP contribution is 2.34. The molecule has 6 heteroatoms. The number of carbonyl (C=O) groups excluding carboxylic acids is 1. The van der Waals surface area contributed by atoms with Crippen LogP contribution < -0.4 is 4.90 Å². The van der Waals surface area contributed by atoms with E-state index < -0.39 is 0 Å². The lowest BCUT2D eigenvalue weighted by Gasteiger charge is -2.37. The number of thioether (sulfide) groups is 1. The molecule has 2 aliphatic heterocycles. The number of rotatable bonds is 2. The molecule has 0 aliphatic carbocycles. The summed E-state index contributed by atoms with van der Waals surface area (Å²) in [7, 11) is 0. The van der Waals surface area contributed by atoms with Gasteiger partial charge in [-0.2, -0.15) is 17.0 Å². The van der Waals surface area contributed by atoms with Crippen molar-refractivity contribution in [1.29, 1.82) is 5.26 Å². The molecule has 2 fully saturated rings. The largest absolute Gasteiger partial charge is 0.301 e. The maximum Gasteiger partial charge on any atom is 0.245 e. The molecule has 2 aliphatic rings. The van der Waals surface area contributed by atoms with E-state index >= 15 is 0 Å². The van der Waals surface area contributed by atoms with Crippen molar-refractivity contribution in [2.45, 2.75) is 36.8 Å². The average molecular weight is 321 g/mol. The van der Waals surface area contributed by atoms with E-state index in [2.05, 4.69) is 24.8 Å². The van der Waals surface area contributed by atoms with Crippen LogP contribution in [0.3, 0.4) is 0 Å². The quantitative estimate of drug-likeness (QED) is 0.840. The molecule has 3 heterocycles. The highest BCUT2D eigenvalue weighted by molar-refractivity contribution is 8.00. The van der Waals surface area contributed by atoms with Gasteiger partial charge >= 0.3 is 0 Å². The van der Waals surface area contributed by atoms with Crippen molar-refractivity contribution in [3.05, 3.63) is 17.0 Å². The molecule has 3 atom stereocenters. The third-order valence-corrected chi connectivity index (χ3v) is 6.24. The van der Waals surface area contributed by atoms with Crippen molar-refractivity contribution in [3.63, 3.8) is 0 Å². The fourth-order valence-corrected chi connectivity index (χ4v) is 5.50. The molecular weight excluding hydrogens is 302 g/mol. The smallest absolute Gasteiger partial charge is 0.245 e. The minimum Gasteiger partial charge on any atom is -0.301 e. The number of hydrogen-bond acceptors (Lipinski definition) is 5. The molecule has 21 heavy (non-hydrogen) atoms. The molecule has 0 unspecified atom stereocenters. The normalized spacial score (nSPS) is 30.6. The van der Waals surface area contributed by atoms with E-state index in [1.54, 1.807) is 6.07 Å². The average Bonchev–Trinajstić information content (AvgIpc) is 3.03. The first-order valence-electron chi connectivity index (χ1n) is 7.28. The van der Waals surface area contributed by atoms with Crippen molar-refractivity contribution in [2.24, 2.45) is 0 Å². The standard InChI is InChI=1S/C15H19N3OS2/c1-10-8-17(9-11(2)21-10)13-3-5-18(14(13)19)15-12(7-16)4-6-20-15/h4,6,10-11,13H,3,5,8-9H2,1-2H3/t10-,11+,13-/m0/s1. The lowest BCUT2D eigenvalue weighted by molar-refractivity contribution is -0.121. The summed E-state index contributed by atoms with van der Waals surface area (Å²) >= 11 is 3.49. The molecule has 4 nitrogen and oxygen atoms in total. The maximum absolute atomic E-state index is 12.8. The SMILES string of the molecule is C[C@@H]1CN([C@H]2CCN(c3sccc3C#N)C2=O)C[C@H](C)S1. The van der Waals surface area contributed by atoms with Crippen molar-refractivity contribution < 1.29 is 4.79 Å². The number of hydrogen-bond donors (Lipinski definition) is 0. The van der Waals surface area contributed by atoms with E-state index in [4.69, 9.17) is 5.26 Å². The van der Waals surface area contributed by atoms with Gasteiger partial charge in [0.1, 0.15) is 11.1 Å². The summed E-state index contributed by atoms with van der Waals surface area (Å²) < 4.78 is 0. The van der Waals surface area contributed by atoms with Gasteiger partial charge < -0.3 is 4.90 Å². The molecule has 1 amide bonds. The van der Waals surface area contributed by atoms with E-state index in [1.165, 1.54) is 11.3 Å². The van der Waals surface area contributed by atoms with Crippen LogP contribution in [0.5, 0.6) is 0 Å². The monoisotopic (exact) mass is 321 g/mol. The second kappa shape index (κ2) is 5.99. The number of carbonyl (C=O) groups is 1. The van der Waals surface area contributed by atoms with Gasteiger partial charge in [0.05, 0.1) is 11.6 Å². The van der Waals surface area contributed by atoms with Crippen LogP contribution >= 0.6 is 23.1 Å². The first kappa shape index (κ1) is 14.9. The van der Waals surface area contributed by atoms with Gasteiger partial charge in [0, 0.05) is 30.1 Å². The van der Waals surface area contributed by atoms with Crippen LogP contribution in [0.4, 0.5) is 5.00 Å². The fourth-order valence-electron chi connectivity index (χ4n) is 3.27. The van der Waals surface area contributed by atoms with Crippen LogP contribution in [0.2, 0.25) is 0 Å². The van der Waals surface area contributed by atoms with Gasteiger partial charge in [0.2, 0.25) is 5.91 Å². The summed E-state index contributed by atoms with van der Waals surface area (Å²) in [6.45, 7) is 7.16. The summed E-state index contributed by atoms with van der Waals surface area (Å²) in [4.78, 5) is 16.9. The Morgan fingerprint density at radius 2 is 2.05 bits per heavy atom. The predicted octanol–water partition coefficient (Wildman–Crippen LogP) is 2.55. The third kappa shape index (κ3) is 2.83. The summed E-state index contributed by atoms with van der Waals surface area (Å²) in [6, 6.07) is 3.97. The molecule has 0 aromatic carbocycles. The molecule has 112 valence electrons. The third-order valence-electron chi connectivity index (χ3n) is 4.08. The minimum atomic E-state index is -0.00978. The first-order valence-corrected chi connectivity index (χ1v) is 9.11. The number of nitriles is 1. The number of amides is 1. The molecule has 0 bridgehead atoms. The van der Waals surface area contributed by atoms with Gasteiger partial charge in [-0.05, 0) is 17.9 Å². The summed E-state index contributed by atoms with van der Waals surface area (Å²) in [5.74, 6) is 0.167. The second-order valence-electron chi connectivity index (χ2n) is 5.76. The van der Waals surface area contributed by atoms with Gasteiger partial charge in [0.25, 0.3) is 0 Å². The topological polar surface area (TPSA) is 47.3 Å². The van der Waals surface area contributed by atoms with Gasteiger partial charge in [-0.1, -0.05) is 13.8 Å². The Hall–Kier alpha value is -1.03. The number of nitrogens with zero attached hydrogens (tertiary/aromatic N) is 3. The van der Waals surface area contributed by atoms with Crippen LogP contribution in [-0.2, 0) is 4.79 Å². The zero-order chi connectivity index (χ0) is 15.0. The second-order valence-corrected chi connectivity index (χ2v) is 8.53. The van der Waals surface area contributed by atoms with E-state index in [1.807, 2.05) is 22.0 Å². The number of thiophene rings is 1. The van der Waals surface area contributed by atoms with Crippen LogP contribution in [0.15, 0.2) is 11.4 Å². The lowest BCUT2D eigenvalue weighted by atomic mass is 10.2.